The van der Waals surface area contributed by atoms with Gasteiger partial charge in [0.2, 0.25) is 12.8 Å². The van der Waals surface area contributed by atoms with Crippen LogP contribution < -0.4 is 22.1 Å². The van der Waals surface area contributed by atoms with E-state index in [1.54, 1.807) is 0 Å². The molecule has 0 saturated heterocycles. The maximum atomic E-state index is 10.9. The van der Waals surface area contributed by atoms with E-state index in [9.17, 15) is 4.79 Å². The van der Waals surface area contributed by atoms with E-state index >= 15 is 0 Å². The van der Waals surface area contributed by atoms with E-state index in [0.29, 0.717) is 23.3 Å². The highest BCUT2D eigenvalue weighted by Crippen LogP contribution is 2.32. The summed E-state index contributed by atoms with van der Waals surface area (Å²) in [7, 11) is 0. The van der Waals surface area contributed by atoms with Crippen molar-refractivity contribution in [2.24, 2.45) is 40.6 Å². The van der Waals surface area contributed by atoms with Crippen molar-refractivity contribution in [1.29, 1.82) is 0 Å². The van der Waals surface area contributed by atoms with E-state index in [4.69, 9.17) is 4.79 Å². The molecule has 1 saturated carbocycles. The van der Waals surface area contributed by atoms with Crippen LogP contribution in [0.3, 0.4) is 0 Å². The van der Waals surface area contributed by atoms with Crippen molar-refractivity contribution in [3.63, 3.8) is 0 Å². The zero-order valence-electron chi connectivity index (χ0n) is 45.3. The van der Waals surface area contributed by atoms with Gasteiger partial charge in [-0.2, -0.15) is 0 Å². The van der Waals surface area contributed by atoms with E-state index < -0.39 is 0 Å². The summed E-state index contributed by atoms with van der Waals surface area (Å²) in [6, 6.07) is 0.548. The summed E-state index contributed by atoms with van der Waals surface area (Å²) in [5.41, 5.74) is 12.9. The van der Waals surface area contributed by atoms with Gasteiger partial charge in [0.15, 0.2) is 0 Å². The van der Waals surface area contributed by atoms with Crippen molar-refractivity contribution in [2.45, 2.75) is 258 Å². The minimum atomic E-state index is -0.0916. The van der Waals surface area contributed by atoms with Gasteiger partial charge >= 0.3 is 0 Å². The van der Waals surface area contributed by atoms with Crippen LogP contribution in [0.1, 0.15) is 246 Å². The summed E-state index contributed by atoms with van der Waals surface area (Å²) in [6.45, 7) is 56.3. The lowest BCUT2D eigenvalue weighted by Gasteiger charge is -2.35. The van der Waals surface area contributed by atoms with Gasteiger partial charge in [-0.15, -0.1) is 6.58 Å². The van der Waals surface area contributed by atoms with Crippen LogP contribution in [-0.2, 0) is 9.59 Å². The van der Waals surface area contributed by atoms with Crippen molar-refractivity contribution in [3.05, 3.63) is 62.0 Å². The smallest absolute Gasteiger partial charge is 0.207 e. The molecule has 62 heavy (non-hydrogen) atoms. The van der Waals surface area contributed by atoms with Crippen LogP contribution in [-0.4, -0.2) is 24.4 Å². The van der Waals surface area contributed by atoms with Gasteiger partial charge in [-0.3, -0.25) is 9.59 Å². The molecule has 3 atom stereocenters. The number of rotatable bonds is 24. The van der Waals surface area contributed by atoms with Gasteiger partial charge in [0.05, 0.1) is 0 Å². The Labute approximate surface area is 392 Å². The normalized spacial score (nSPS) is 13.2. The molecule has 0 aromatic rings. The molecule has 2 amide bonds. The van der Waals surface area contributed by atoms with Crippen LogP contribution in [0.25, 0.3) is 0 Å². The summed E-state index contributed by atoms with van der Waals surface area (Å²) >= 11 is 0. The Morgan fingerprint density at radius 2 is 1.15 bits per heavy atom. The molecule has 372 valence electrons. The van der Waals surface area contributed by atoms with Crippen molar-refractivity contribution in [3.8, 4) is 0 Å². The Kier molecular flexibility index (Phi) is 64.6. The molecule has 1 rings (SSSR count). The highest BCUT2D eigenvalue weighted by atomic mass is 16.1. The number of carbonyl (C=O) groups excluding carboxylic acids is 2. The number of hydrogen-bond donors (Lipinski definition) is 4. The fraction of sp³-hybridized carbons (Fsp3) is 0.786. The SMILES string of the molecule is C=C(C)CC(=C)NC(C)CCCC.C=C(CC1CCCC1)C(C)C.C=CC(CC)CC(C)(CC(CCC)CCC)NC=O.C=CN.CC(C)(C)C.CCCC.CCCC.NC=O. The van der Waals surface area contributed by atoms with E-state index in [-0.39, 0.29) is 11.9 Å². The summed E-state index contributed by atoms with van der Waals surface area (Å²) < 4.78 is 0. The maximum absolute atomic E-state index is 10.9. The molecule has 0 spiro atoms. The summed E-state index contributed by atoms with van der Waals surface area (Å²) in [5.74, 6) is 2.87. The number of unbranched alkanes of at least 4 members (excludes halogenated alkanes) is 3. The van der Waals surface area contributed by atoms with E-state index in [2.05, 4.69) is 166 Å². The molecule has 0 aromatic carbocycles. The van der Waals surface area contributed by atoms with Gasteiger partial charge in [0, 0.05) is 23.7 Å². The minimum Gasteiger partial charge on any atom is -0.405 e. The third kappa shape index (κ3) is 71.7. The largest absolute Gasteiger partial charge is 0.405 e. The van der Waals surface area contributed by atoms with Gasteiger partial charge in [-0.05, 0) is 88.2 Å². The first-order valence-electron chi connectivity index (χ1n) is 25.0. The molecule has 1 fully saturated rings. The topological polar surface area (TPSA) is 110 Å². The van der Waals surface area contributed by atoms with Crippen LogP contribution in [0.2, 0.25) is 0 Å². The Hall–Kier alpha value is -2.76. The van der Waals surface area contributed by atoms with Crippen LogP contribution in [0.4, 0.5) is 0 Å². The summed E-state index contributed by atoms with van der Waals surface area (Å²) in [5, 5.41) is 6.47. The highest BCUT2D eigenvalue weighted by Gasteiger charge is 2.29. The first-order valence-corrected chi connectivity index (χ1v) is 25.0. The molecule has 1 aliphatic rings. The number of nitrogens with one attached hydrogen (secondary N) is 2. The molecule has 6 heteroatoms. The predicted octanol–water partition coefficient (Wildman–Crippen LogP) is 17.0. The standard InChI is InChI=1S/C17H33NO.C12H23N.C11H20.C5H12.2C4H10.C2H5N.CH3NO/c1-6-10-16(11-7-2)13-17(5,18-14-19)12-15(8-3)9-4;1-6-7-8-11(4)13-12(5)9-10(2)3;1-9(2)10(3)8-11-6-4-5-7-11;1-5(2,3)4;2*1-3-4-2;1-2-3;2-1-3/h8,14-16H,3,6-7,9-13H2,1-2,4-5H3,(H,18,19);11,13H,2,5-9H2,1,3-4H3;9,11H,3-8H2,1-2H3;1-4H3;2*3-4H2,1-2H3;2H,1,3H2;1H,(H2,2,3). The van der Waals surface area contributed by atoms with Gasteiger partial charge in [-0.1, -0.05) is 230 Å². The van der Waals surface area contributed by atoms with E-state index in [0.717, 1.165) is 49.6 Å². The maximum Gasteiger partial charge on any atom is 0.207 e. The fourth-order valence-electron chi connectivity index (χ4n) is 6.29. The third-order valence-corrected chi connectivity index (χ3v) is 9.91. The Balaban J connectivity index is -0.000000123. The first kappa shape index (κ1) is 73.6. The first-order chi connectivity index (χ1) is 29.0. The Bertz CT molecular complexity index is 966. The van der Waals surface area contributed by atoms with Crippen LogP contribution in [0.15, 0.2) is 62.0 Å². The average molecular weight is 878 g/mol. The number of nitrogens with two attached hydrogens (primary N) is 2. The second kappa shape index (κ2) is 54.4. The molecule has 1 aliphatic carbocycles. The highest BCUT2D eigenvalue weighted by molar-refractivity contribution is 5.47. The zero-order valence-corrected chi connectivity index (χ0v) is 45.3. The molecule has 0 bridgehead atoms. The molecule has 0 radical (unpaired) electrons. The quantitative estimate of drug-likeness (QED) is 0.0572. The van der Waals surface area contributed by atoms with Crippen molar-refractivity contribution >= 4 is 12.8 Å². The molecule has 0 aliphatic heterocycles. The second-order valence-electron chi connectivity index (χ2n) is 19.5. The fourth-order valence-corrected chi connectivity index (χ4v) is 6.29. The molecule has 0 heterocycles. The lowest BCUT2D eigenvalue weighted by Crippen LogP contribution is -2.44. The predicted molar refractivity (Wildman–Crippen MR) is 286 cm³/mol. The summed E-state index contributed by atoms with van der Waals surface area (Å²) in [6.07, 6.45) is 29.6. The molecule has 3 unspecified atom stereocenters. The molecular formula is C56H116N4O2. The lowest BCUT2D eigenvalue weighted by atomic mass is 9.78. The number of hydrogen-bond acceptors (Lipinski definition) is 4. The van der Waals surface area contributed by atoms with Crippen LogP contribution in [0.5, 0.6) is 0 Å². The van der Waals surface area contributed by atoms with Gasteiger partial charge < -0.3 is 22.1 Å². The van der Waals surface area contributed by atoms with Crippen LogP contribution >= 0.6 is 0 Å². The van der Waals surface area contributed by atoms with Crippen molar-refractivity contribution in [2.75, 3.05) is 0 Å². The van der Waals surface area contributed by atoms with E-state index in [1.807, 2.05) is 13.0 Å². The number of primary amides is 1. The second-order valence-corrected chi connectivity index (χ2v) is 19.5. The summed E-state index contributed by atoms with van der Waals surface area (Å²) in [4.78, 5) is 19.5. The Morgan fingerprint density at radius 3 is 1.44 bits per heavy atom. The van der Waals surface area contributed by atoms with Crippen LogP contribution in [0, 0.1) is 29.1 Å². The van der Waals surface area contributed by atoms with Gasteiger partial charge in [-0.25, -0.2) is 0 Å². The minimum absolute atomic E-state index is 0.0916. The van der Waals surface area contributed by atoms with Crippen molar-refractivity contribution < 1.29 is 9.59 Å². The molecule has 6 nitrogen and oxygen atoms in total. The third-order valence-electron chi connectivity index (χ3n) is 9.91. The number of amides is 2. The monoisotopic (exact) mass is 877 g/mol. The van der Waals surface area contributed by atoms with Gasteiger partial charge in [0.25, 0.3) is 0 Å². The zero-order chi connectivity index (χ0) is 50.0. The lowest BCUT2D eigenvalue weighted by molar-refractivity contribution is -0.111. The average Bonchev–Trinajstić information content (AvgIpc) is 3.70. The molecule has 0 aromatic heterocycles. The van der Waals surface area contributed by atoms with Crippen molar-refractivity contribution in [1.82, 2.24) is 10.6 Å². The molecular weight excluding hydrogens is 761 g/mol. The van der Waals surface area contributed by atoms with E-state index in [1.165, 1.54) is 120 Å². The molecule has 6 N–H and O–H groups in total. The van der Waals surface area contributed by atoms with Gasteiger partial charge in [0.1, 0.15) is 0 Å². The number of carbonyl (C=O) groups is 2. The Morgan fingerprint density at radius 1 is 0.726 bits per heavy atom. The number of allylic oxidation sites excluding steroid dienone is 3.